The Morgan fingerprint density at radius 3 is 2.67 bits per heavy atom. The lowest BCUT2D eigenvalue weighted by Crippen LogP contribution is -2.13. The number of ether oxygens (including phenoxy) is 1. The molecule has 0 spiro atoms. The van der Waals surface area contributed by atoms with Crippen molar-refractivity contribution in [2.24, 2.45) is 0 Å². The summed E-state index contributed by atoms with van der Waals surface area (Å²) in [7, 11) is 1.57. The standard InChI is InChI=1S/C15H11BrN2O2S/c1-20-13-4-2-12(3-5-13)18-15(19)11(8-17)6-10-7-14(16)21-9-10/h2-7,9H,1H3,(H,18,19)/b11-6+. The maximum absolute atomic E-state index is 12.1. The first-order chi connectivity index (χ1) is 10.1. The van der Waals surface area contributed by atoms with Crippen molar-refractivity contribution >= 4 is 44.9 Å². The molecule has 0 bridgehead atoms. The first-order valence-corrected chi connectivity index (χ1v) is 7.61. The van der Waals surface area contributed by atoms with Gasteiger partial charge in [0, 0.05) is 5.69 Å². The number of nitrogens with one attached hydrogen (secondary N) is 1. The summed E-state index contributed by atoms with van der Waals surface area (Å²) < 4.78 is 5.99. The Labute approximate surface area is 134 Å². The molecule has 0 aliphatic rings. The van der Waals surface area contributed by atoms with Gasteiger partial charge in [-0.25, -0.2) is 0 Å². The van der Waals surface area contributed by atoms with E-state index in [1.807, 2.05) is 17.5 Å². The number of hydrogen-bond donors (Lipinski definition) is 1. The number of rotatable bonds is 4. The minimum absolute atomic E-state index is 0.0520. The van der Waals surface area contributed by atoms with E-state index >= 15 is 0 Å². The van der Waals surface area contributed by atoms with Gasteiger partial charge in [0.2, 0.25) is 0 Å². The van der Waals surface area contributed by atoms with Crippen LogP contribution in [-0.4, -0.2) is 13.0 Å². The minimum atomic E-state index is -0.440. The molecule has 4 nitrogen and oxygen atoms in total. The number of nitriles is 1. The fraction of sp³-hybridized carbons (Fsp3) is 0.0667. The molecule has 0 aliphatic heterocycles. The molecule has 1 N–H and O–H groups in total. The minimum Gasteiger partial charge on any atom is -0.497 e. The zero-order valence-electron chi connectivity index (χ0n) is 11.1. The molecule has 1 amide bonds. The van der Waals surface area contributed by atoms with Crippen LogP contribution in [0.25, 0.3) is 6.08 Å². The Balaban J connectivity index is 2.13. The van der Waals surface area contributed by atoms with Gasteiger partial charge in [0.25, 0.3) is 5.91 Å². The summed E-state index contributed by atoms with van der Waals surface area (Å²) in [5, 5.41) is 13.7. The summed E-state index contributed by atoms with van der Waals surface area (Å²) in [6.45, 7) is 0. The molecular formula is C15H11BrN2O2S. The SMILES string of the molecule is COc1ccc(NC(=O)/C(C#N)=C/c2csc(Br)c2)cc1. The highest BCUT2D eigenvalue weighted by atomic mass is 79.9. The van der Waals surface area contributed by atoms with Gasteiger partial charge in [-0.05, 0) is 63.3 Å². The molecule has 2 rings (SSSR count). The number of amides is 1. The Morgan fingerprint density at radius 1 is 1.43 bits per heavy atom. The van der Waals surface area contributed by atoms with Crippen molar-refractivity contribution in [2.45, 2.75) is 0 Å². The zero-order chi connectivity index (χ0) is 15.2. The highest BCUT2D eigenvalue weighted by molar-refractivity contribution is 9.11. The van der Waals surface area contributed by atoms with E-state index in [4.69, 9.17) is 10.00 Å². The Bertz CT molecular complexity index is 714. The smallest absolute Gasteiger partial charge is 0.266 e. The van der Waals surface area contributed by atoms with Gasteiger partial charge < -0.3 is 10.1 Å². The van der Waals surface area contributed by atoms with Crippen LogP contribution in [0.15, 0.2) is 45.1 Å². The van der Waals surface area contributed by atoms with Crippen molar-refractivity contribution in [3.8, 4) is 11.8 Å². The fourth-order valence-corrected chi connectivity index (χ4v) is 2.72. The van der Waals surface area contributed by atoms with Crippen LogP contribution in [0, 0.1) is 11.3 Å². The van der Waals surface area contributed by atoms with Crippen LogP contribution in [0.1, 0.15) is 5.56 Å². The van der Waals surface area contributed by atoms with Gasteiger partial charge in [-0.2, -0.15) is 5.26 Å². The van der Waals surface area contributed by atoms with E-state index in [0.717, 1.165) is 9.35 Å². The van der Waals surface area contributed by atoms with Gasteiger partial charge in [-0.1, -0.05) is 0 Å². The molecule has 21 heavy (non-hydrogen) atoms. The van der Waals surface area contributed by atoms with Gasteiger partial charge in [-0.3, -0.25) is 4.79 Å². The maximum atomic E-state index is 12.1. The predicted octanol–water partition coefficient (Wildman–Crippen LogP) is 4.06. The molecule has 0 fully saturated rings. The molecule has 1 aromatic heterocycles. The lowest BCUT2D eigenvalue weighted by Gasteiger charge is -2.05. The molecule has 2 aromatic rings. The molecule has 0 radical (unpaired) electrons. The lowest BCUT2D eigenvalue weighted by atomic mass is 10.2. The molecule has 106 valence electrons. The molecule has 0 unspecified atom stereocenters. The summed E-state index contributed by atoms with van der Waals surface area (Å²) in [4.78, 5) is 12.1. The summed E-state index contributed by atoms with van der Waals surface area (Å²) >= 11 is 4.84. The quantitative estimate of drug-likeness (QED) is 0.658. The molecule has 1 aromatic carbocycles. The normalized spacial score (nSPS) is 10.8. The van der Waals surface area contributed by atoms with Crippen LogP contribution in [0.5, 0.6) is 5.75 Å². The van der Waals surface area contributed by atoms with Gasteiger partial charge in [0.05, 0.1) is 10.9 Å². The van der Waals surface area contributed by atoms with Crippen LogP contribution >= 0.6 is 27.3 Å². The van der Waals surface area contributed by atoms with Crippen molar-refractivity contribution in [1.82, 2.24) is 0 Å². The number of benzene rings is 1. The Hall–Kier alpha value is -2.10. The van der Waals surface area contributed by atoms with E-state index in [0.29, 0.717) is 11.4 Å². The van der Waals surface area contributed by atoms with E-state index in [9.17, 15) is 4.79 Å². The number of carbonyl (C=O) groups excluding carboxylic acids is 1. The largest absolute Gasteiger partial charge is 0.497 e. The molecular weight excluding hydrogens is 352 g/mol. The molecule has 0 atom stereocenters. The number of methoxy groups -OCH3 is 1. The van der Waals surface area contributed by atoms with Crippen molar-refractivity contribution in [1.29, 1.82) is 5.26 Å². The summed E-state index contributed by atoms with van der Waals surface area (Å²) in [6, 6.07) is 10.7. The first kappa shape index (κ1) is 15.3. The van der Waals surface area contributed by atoms with Crippen LogP contribution in [0.3, 0.4) is 0 Å². The lowest BCUT2D eigenvalue weighted by molar-refractivity contribution is -0.112. The second-order valence-corrected chi connectivity index (χ2v) is 6.33. The van der Waals surface area contributed by atoms with E-state index in [1.54, 1.807) is 37.5 Å². The average molecular weight is 363 g/mol. The Kier molecular flexibility index (Phi) is 5.14. The number of thiophene rings is 1. The third kappa shape index (κ3) is 4.18. The van der Waals surface area contributed by atoms with Crippen LogP contribution < -0.4 is 10.1 Å². The van der Waals surface area contributed by atoms with Crippen molar-refractivity contribution in [3.63, 3.8) is 0 Å². The van der Waals surface area contributed by atoms with Crippen molar-refractivity contribution < 1.29 is 9.53 Å². The first-order valence-electron chi connectivity index (χ1n) is 5.93. The van der Waals surface area contributed by atoms with Crippen LogP contribution in [0.4, 0.5) is 5.69 Å². The molecule has 0 saturated carbocycles. The second kappa shape index (κ2) is 7.07. The van der Waals surface area contributed by atoms with E-state index in [1.165, 1.54) is 11.3 Å². The number of halogens is 1. The van der Waals surface area contributed by atoms with E-state index in [2.05, 4.69) is 21.2 Å². The fourth-order valence-electron chi connectivity index (χ4n) is 1.59. The summed E-state index contributed by atoms with van der Waals surface area (Å²) in [6.07, 6.45) is 1.56. The molecule has 0 aliphatic carbocycles. The third-order valence-electron chi connectivity index (χ3n) is 2.61. The van der Waals surface area contributed by atoms with Gasteiger partial charge in [0.1, 0.15) is 17.4 Å². The van der Waals surface area contributed by atoms with Crippen molar-refractivity contribution in [3.05, 3.63) is 50.6 Å². The van der Waals surface area contributed by atoms with Crippen LogP contribution in [-0.2, 0) is 4.79 Å². The predicted molar refractivity (Wildman–Crippen MR) is 87.2 cm³/mol. The monoisotopic (exact) mass is 362 g/mol. The number of carbonyl (C=O) groups is 1. The third-order valence-corrected chi connectivity index (χ3v) is 4.13. The number of hydrogen-bond acceptors (Lipinski definition) is 4. The molecule has 6 heteroatoms. The zero-order valence-corrected chi connectivity index (χ0v) is 13.5. The Morgan fingerprint density at radius 2 is 2.14 bits per heavy atom. The molecule has 0 saturated heterocycles. The average Bonchev–Trinajstić information content (AvgIpc) is 2.90. The van der Waals surface area contributed by atoms with Crippen LogP contribution in [0.2, 0.25) is 0 Å². The summed E-state index contributed by atoms with van der Waals surface area (Å²) in [5.74, 6) is 0.261. The molecule has 1 heterocycles. The summed E-state index contributed by atoms with van der Waals surface area (Å²) in [5.41, 5.74) is 1.47. The number of nitrogens with zero attached hydrogens (tertiary/aromatic N) is 1. The highest BCUT2D eigenvalue weighted by Gasteiger charge is 2.10. The van der Waals surface area contributed by atoms with E-state index in [-0.39, 0.29) is 5.57 Å². The van der Waals surface area contributed by atoms with Crippen molar-refractivity contribution in [2.75, 3.05) is 12.4 Å². The highest BCUT2D eigenvalue weighted by Crippen LogP contribution is 2.23. The number of anilines is 1. The topological polar surface area (TPSA) is 62.1 Å². The van der Waals surface area contributed by atoms with Gasteiger partial charge in [-0.15, -0.1) is 11.3 Å². The van der Waals surface area contributed by atoms with E-state index < -0.39 is 5.91 Å². The van der Waals surface area contributed by atoms with Gasteiger partial charge >= 0.3 is 0 Å². The van der Waals surface area contributed by atoms with Gasteiger partial charge in [0.15, 0.2) is 0 Å². The second-order valence-electron chi connectivity index (χ2n) is 4.04. The maximum Gasteiger partial charge on any atom is 0.266 e.